The molecule has 0 radical (unpaired) electrons. The molecule has 3 aromatic rings. The first kappa shape index (κ1) is 20.9. The van der Waals surface area contributed by atoms with Crippen LogP contribution in [0.3, 0.4) is 0 Å². The van der Waals surface area contributed by atoms with E-state index in [1.807, 2.05) is 12.1 Å². The van der Waals surface area contributed by atoms with Crippen molar-refractivity contribution in [1.29, 1.82) is 0 Å². The van der Waals surface area contributed by atoms with Crippen LogP contribution in [0.1, 0.15) is 54.6 Å². The third kappa shape index (κ3) is 3.86. The first-order valence-electron chi connectivity index (χ1n) is 11.2. The van der Waals surface area contributed by atoms with Gasteiger partial charge < -0.3 is 9.47 Å². The van der Waals surface area contributed by atoms with Gasteiger partial charge in [-0.15, -0.1) is 0 Å². The number of methoxy groups -OCH3 is 1. The van der Waals surface area contributed by atoms with Crippen molar-refractivity contribution in [2.75, 3.05) is 20.3 Å². The summed E-state index contributed by atoms with van der Waals surface area (Å²) in [5.74, 6) is 1.40. The van der Waals surface area contributed by atoms with E-state index in [0.29, 0.717) is 41.7 Å². The van der Waals surface area contributed by atoms with Gasteiger partial charge in [-0.3, -0.25) is 14.8 Å². The number of ether oxygens (including phenoxy) is 2. The highest BCUT2D eigenvalue weighted by Crippen LogP contribution is 2.44. The summed E-state index contributed by atoms with van der Waals surface area (Å²) in [6.45, 7) is 2.96. The van der Waals surface area contributed by atoms with Crippen LogP contribution in [0, 0.1) is 5.82 Å². The summed E-state index contributed by atoms with van der Waals surface area (Å²) in [7, 11) is 1.59. The fourth-order valence-corrected chi connectivity index (χ4v) is 5.45. The number of piperidine rings is 1. The largest absolute Gasteiger partial charge is 0.493 e. The van der Waals surface area contributed by atoms with Gasteiger partial charge in [0.1, 0.15) is 12.4 Å². The number of H-pyrrole nitrogens is 1. The Balaban J connectivity index is 1.23. The fourth-order valence-electron chi connectivity index (χ4n) is 5.45. The second-order valence-electron chi connectivity index (χ2n) is 8.86. The van der Waals surface area contributed by atoms with E-state index in [4.69, 9.17) is 9.47 Å². The Kier molecular flexibility index (Phi) is 5.59. The number of fused-ring (bicyclic) bond motifs is 3. The molecule has 2 saturated heterocycles. The molecule has 2 atom stereocenters. The number of nitrogens with zero attached hydrogens (tertiary/aromatic N) is 2. The number of ketones is 1. The highest BCUT2D eigenvalue weighted by Gasteiger charge is 2.41. The SMILES string of the molecule is COc1cc(C(C)=O)ccc1OCCN1C2CCC1CC(c1n[nH]c3cc(F)ccc13)C2. The van der Waals surface area contributed by atoms with E-state index < -0.39 is 0 Å². The van der Waals surface area contributed by atoms with E-state index in [2.05, 4.69) is 15.1 Å². The lowest BCUT2D eigenvalue weighted by Gasteiger charge is -2.38. The zero-order valence-corrected chi connectivity index (χ0v) is 18.4. The van der Waals surface area contributed by atoms with E-state index >= 15 is 0 Å². The second kappa shape index (κ2) is 8.54. The summed E-state index contributed by atoms with van der Waals surface area (Å²) in [6, 6.07) is 11.2. The predicted octanol–water partition coefficient (Wildman–Crippen LogP) is 4.70. The highest BCUT2D eigenvalue weighted by atomic mass is 19.1. The van der Waals surface area contributed by atoms with Crippen molar-refractivity contribution in [2.24, 2.45) is 0 Å². The van der Waals surface area contributed by atoms with Crippen molar-refractivity contribution in [2.45, 2.75) is 50.6 Å². The van der Waals surface area contributed by atoms with Gasteiger partial charge in [0.15, 0.2) is 17.3 Å². The summed E-state index contributed by atoms with van der Waals surface area (Å²) >= 11 is 0. The van der Waals surface area contributed by atoms with Gasteiger partial charge in [-0.05, 0) is 69.0 Å². The summed E-state index contributed by atoms with van der Waals surface area (Å²) in [5, 5.41) is 8.59. The molecular weight excluding hydrogens is 409 g/mol. The average molecular weight is 438 g/mol. The van der Waals surface area contributed by atoms with E-state index in [1.165, 1.54) is 25.0 Å². The maximum Gasteiger partial charge on any atom is 0.161 e. The first-order chi connectivity index (χ1) is 15.5. The van der Waals surface area contributed by atoms with Crippen molar-refractivity contribution in [1.82, 2.24) is 15.1 Å². The molecular formula is C25H28FN3O3. The summed E-state index contributed by atoms with van der Waals surface area (Å²) in [4.78, 5) is 14.2. The molecule has 2 unspecified atom stereocenters. The number of carbonyl (C=O) groups excluding carboxylic acids is 1. The van der Waals surface area contributed by atoms with Crippen LogP contribution in [-0.4, -0.2) is 53.2 Å². The van der Waals surface area contributed by atoms with Crippen LogP contribution >= 0.6 is 0 Å². The quantitative estimate of drug-likeness (QED) is 0.543. The summed E-state index contributed by atoms with van der Waals surface area (Å²) in [5.41, 5.74) is 2.46. The third-order valence-electron chi connectivity index (χ3n) is 7.00. The van der Waals surface area contributed by atoms with Gasteiger partial charge in [-0.1, -0.05) is 0 Å². The number of nitrogens with one attached hydrogen (secondary N) is 1. The van der Waals surface area contributed by atoms with Gasteiger partial charge in [-0.2, -0.15) is 5.10 Å². The monoisotopic (exact) mass is 437 g/mol. The minimum Gasteiger partial charge on any atom is -0.493 e. The molecule has 3 heterocycles. The Morgan fingerprint density at radius 2 is 1.94 bits per heavy atom. The number of aromatic nitrogens is 2. The number of halogens is 1. The Bertz CT molecular complexity index is 1130. The number of rotatable bonds is 7. The minimum atomic E-state index is -0.241. The van der Waals surface area contributed by atoms with Crippen molar-refractivity contribution < 1.29 is 18.7 Å². The Labute approximate surface area is 186 Å². The molecule has 5 rings (SSSR count). The van der Waals surface area contributed by atoms with Crippen molar-refractivity contribution in [3.8, 4) is 11.5 Å². The standard InChI is InChI=1S/C25H28FN3O3/c1-15(30)16-3-8-23(24(13-16)31-2)32-10-9-29-19-5-6-20(29)12-17(11-19)25-21-7-4-18(26)14-22(21)27-28-25/h3-4,7-8,13-14,17,19-20H,5-6,9-12H2,1-2H3,(H,27,28). The second-order valence-corrected chi connectivity index (χ2v) is 8.86. The van der Waals surface area contributed by atoms with Gasteiger partial charge in [0, 0.05) is 35.5 Å². The van der Waals surface area contributed by atoms with Crippen LogP contribution < -0.4 is 9.47 Å². The smallest absolute Gasteiger partial charge is 0.161 e. The summed E-state index contributed by atoms with van der Waals surface area (Å²) in [6.07, 6.45) is 4.50. The topological polar surface area (TPSA) is 67.5 Å². The van der Waals surface area contributed by atoms with Gasteiger partial charge in [-0.25, -0.2) is 4.39 Å². The van der Waals surface area contributed by atoms with Crippen LogP contribution in [0.2, 0.25) is 0 Å². The molecule has 0 aliphatic carbocycles. The number of hydrogen-bond donors (Lipinski definition) is 1. The van der Waals surface area contributed by atoms with Gasteiger partial charge in [0.2, 0.25) is 0 Å². The lowest BCUT2D eigenvalue weighted by atomic mass is 9.87. The van der Waals surface area contributed by atoms with Crippen LogP contribution in [0.5, 0.6) is 11.5 Å². The molecule has 2 aliphatic heterocycles. The molecule has 168 valence electrons. The van der Waals surface area contributed by atoms with Crippen molar-refractivity contribution >= 4 is 16.7 Å². The van der Waals surface area contributed by atoms with Crippen LogP contribution in [0.25, 0.3) is 10.9 Å². The number of Topliss-reactive ketones (excluding diaryl/α,β-unsaturated/α-hetero) is 1. The van der Waals surface area contributed by atoms with E-state index in [9.17, 15) is 9.18 Å². The van der Waals surface area contributed by atoms with Crippen molar-refractivity contribution in [3.05, 3.63) is 53.5 Å². The fraction of sp³-hybridized carbons (Fsp3) is 0.440. The normalized spacial score (nSPS) is 22.9. The highest BCUT2D eigenvalue weighted by molar-refractivity contribution is 5.94. The maximum absolute atomic E-state index is 13.5. The molecule has 0 amide bonds. The number of hydrogen-bond acceptors (Lipinski definition) is 5. The number of benzene rings is 2. The summed E-state index contributed by atoms with van der Waals surface area (Å²) < 4.78 is 25.0. The van der Waals surface area contributed by atoms with Gasteiger partial charge in [0.05, 0.1) is 18.3 Å². The minimum absolute atomic E-state index is 0.00382. The molecule has 2 aliphatic rings. The van der Waals surface area contributed by atoms with E-state index in [-0.39, 0.29) is 11.6 Å². The molecule has 2 aromatic carbocycles. The predicted molar refractivity (Wildman–Crippen MR) is 120 cm³/mol. The van der Waals surface area contributed by atoms with Crippen LogP contribution in [0.4, 0.5) is 4.39 Å². The van der Waals surface area contributed by atoms with E-state index in [0.717, 1.165) is 36.0 Å². The molecule has 7 heteroatoms. The third-order valence-corrected chi connectivity index (χ3v) is 7.00. The van der Waals surface area contributed by atoms with Crippen LogP contribution in [-0.2, 0) is 0 Å². The molecule has 0 saturated carbocycles. The maximum atomic E-state index is 13.5. The molecule has 0 spiro atoms. The zero-order valence-electron chi connectivity index (χ0n) is 18.4. The Hall–Kier alpha value is -2.93. The van der Waals surface area contributed by atoms with E-state index in [1.54, 1.807) is 26.2 Å². The van der Waals surface area contributed by atoms with Gasteiger partial charge >= 0.3 is 0 Å². The Morgan fingerprint density at radius 1 is 1.16 bits per heavy atom. The number of aromatic amines is 1. The number of carbonyl (C=O) groups is 1. The molecule has 1 aromatic heterocycles. The lowest BCUT2D eigenvalue weighted by molar-refractivity contribution is 0.101. The zero-order chi connectivity index (χ0) is 22.2. The van der Waals surface area contributed by atoms with Crippen LogP contribution in [0.15, 0.2) is 36.4 Å². The molecule has 2 fully saturated rings. The van der Waals surface area contributed by atoms with Crippen molar-refractivity contribution in [3.63, 3.8) is 0 Å². The average Bonchev–Trinajstić information content (AvgIpc) is 3.30. The molecule has 32 heavy (non-hydrogen) atoms. The van der Waals surface area contributed by atoms with Gasteiger partial charge in [0.25, 0.3) is 0 Å². The first-order valence-corrected chi connectivity index (χ1v) is 11.2. The molecule has 1 N–H and O–H groups in total. The molecule has 2 bridgehead atoms. The Morgan fingerprint density at radius 3 is 2.66 bits per heavy atom. The lowest BCUT2D eigenvalue weighted by Crippen LogP contribution is -2.44. The molecule has 6 nitrogen and oxygen atoms in total.